The van der Waals surface area contributed by atoms with Gasteiger partial charge in [-0.2, -0.15) is 0 Å². The molecule has 1 amide bonds. The van der Waals surface area contributed by atoms with Gasteiger partial charge in [0.1, 0.15) is 12.2 Å². The number of hydrogen-bond acceptors (Lipinski definition) is 17. The molecule has 0 aromatic heterocycles. The molecule has 1 aliphatic carbocycles. The number of ether oxygens (including phenoxy) is 4. The zero-order chi connectivity index (χ0) is 52.3. The molecule has 1 saturated carbocycles. The summed E-state index contributed by atoms with van der Waals surface area (Å²) in [5.41, 5.74) is 6.12. The fourth-order valence-corrected chi connectivity index (χ4v) is 9.29. The molecular formula is C53H84N2O16. The Hall–Kier alpha value is -3.44. The van der Waals surface area contributed by atoms with Gasteiger partial charge in [0.2, 0.25) is 5.91 Å². The molecule has 19 atom stereocenters. The number of amides is 1. The third kappa shape index (κ3) is 20.1. The van der Waals surface area contributed by atoms with Gasteiger partial charge in [0.05, 0.1) is 85.5 Å². The van der Waals surface area contributed by atoms with Gasteiger partial charge in [-0.15, -0.1) is 0 Å². The van der Waals surface area contributed by atoms with Crippen molar-refractivity contribution < 1.29 is 79.6 Å². The number of esters is 1. The van der Waals surface area contributed by atoms with Gasteiger partial charge in [-0.1, -0.05) is 118 Å². The van der Waals surface area contributed by atoms with E-state index >= 15 is 0 Å². The minimum absolute atomic E-state index is 0.0858. The quantitative estimate of drug-likeness (QED) is 0.169. The maximum Gasteiger partial charge on any atom is 0.308 e. The van der Waals surface area contributed by atoms with Gasteiger partial charge in [0.25, 0.3) is 0 Å². The number of allylic oxidation sites excluding steroid dienone is 12. The molecule has 0 aromatic carbocycles. The van der Waals surface area contributed by atoms with Crippen LogP contribution in [0.15, 0.2) is 85.1 Å². The number of aliphatic hydroxyl groups is 10. The Bertz CT molecular complexity index is 1820. The molecule has 13 N–H and O–H groups in total. The molecule has 402 valence electrons. The van der Waals surface area contributed by atoms with Crippen molar-refractivity contribution in [2.45, 2.75) is 202 Å². The summed E-state index contributed by atoms with van der Waals surface area (Å²) in [6.07, 6.45) is 9.30. The average Bonchev–Trinajstić information content (AvgIpc) is 3.28. The van der Waals surface area contributed by atoms with E-state index < -0.39 is 147 Å². The molecule has 71 heavy (non-hydrogen) atoms. The normalized spacial score (nSPS) is 43.8. The lowest BCUT2D eigenvalue weighted by Gasteiger charge is -2.46. The highest BCUT2D eigenvalue weighted by molar-refractivity contribution is 5.80. The Morgan fingerprint density at radius 3 is 1.90 bits per heavy atom. The van der Waals surface area contributed by atoms with E-state index in [1.54, 1.807) is 63.3 Å². The Morgan fingerprint density at radius 1 is 0.690 bits per heavy atom. The molecule has 0 unspecified atom stereocenters. The van der Waals surface area contributed by atoms with Gasteiger partial charge in [-0.05, 0) is 45.4 Å². The Labute approximate surface area is 418 Å². The molecule has 3 aliphatic heterocycles. The van der Waals surface area contributed by atoms with Crippen molar-refractivity contribution in [2.24, 2.45) is 29.4 Å². The Balaban J connectivity index is 1.58. The summed E-state index contributed by atoms with van der Waals surface area (Å²) in [5, 5.41) is 113. The van der Waals surface area contributed by atoms with E-state index in [9.17, 15) is 60.7 Å². The van der Waals surface area contributed by atoms with Crippen LogP contribution in [0.1, 0.15) is 105 Å². The van der Waals surface area contributed by atoms with Crippen LogP contribution < -0.4 is 11.1 Å². The first kappa shape index (κ1) is 60.1. The zero-order valence-electron chi connectivity index (χ0n) is 41.7. The molecule has 18 heteroatoms. The summed E-state index contributed by atoms with van der Waals surface area (Å²) in [4.78, 5) is 26.6. The van der Waals surface area contributed by atoms with E-state index in [0.29, 0.717) is 12.5 Å². The lowest BCUT2D eigenvalue weighted by molar-refractivity contribution is -0.307. The van der Waals surface area contributed by atoms with E-state index in [0.717, 1.165) is 25.7 Å². The predicted octanol–water partition coefficient (Wildman–Crippen LogP) is 1.93. The van der Waals surface area contributed by atoms with Crippen molar-refractivity contribution in [3.63, 3.8) is 0 Å². The van der Waals surface area contributed by atoms with Crippen molar-refractivity contribution in [1.82, 2.24) is 5.32 Å². The van der Waals surface area contributed by atoms with Crippen LogP contribution in [-0.2, 0) is 28.5 Å². The largest absolute Gasteiger partial charge is 0.462 e. The van der Waals surface area contributed by atoms with Crippen molar-refractivity contribution >= 4 is 11.9 Å². The van der Waals surface area contributed by atoms with Gasteiger partial charge >= 0.3 is 5.97 Å². The molecule has 0 spiro atoms. The minimum Gasteiger partial charge on any atom is -0.462 e. The smallest absolute Gasteiger partial charge is 0.308 e. The summed E-state index contributed by atoms with van der Waals surface area (Å²) in [6.45, 7) is 7.18. The predicted molar refractivity (Wildman–Crippen MR) is 264 cm³/mol. The molecule has 0 aromatic rings. The van der Waals surface area contributed by atoms with Crippen LogP contribution in [0.5, 0.6) is 0 Å². The summed E-state index contributed by atoms with van der Waals surface area (Å²) in [5.74, 6) is -4.94. The Morgan fingerprint density at radius 2 is 1.30 bits per heavy atom. The second-order valence-electron chi connectivity index (χ2n) is 20.1. The molecular weight excluding hydrogens is 921 g/mol. The number of aliphatic hydroxyl groups excluding tert-OH is 9. The number of rotatable bonds is 6. The van der Waals surface area contributed by atoms with Crippen LogP contribution in [0, 0.1) is 23.7 Å². The summed E-state index contributed by atoms with van der Waals surface area (Å²) in [7, 11) is 0. The van der Waals surface area contributed by atoms with Crippen LogP contribution >= 0.6 is 0 Å². The van der Waals surface area contributed by atoms with E-state index in [1.165, 1.54) is 0 Å². The standard InChI is InChI=1S/C53H84N2O16/c1-32-18-15-13-11-9-7-5-6-8-10-12-14-16-21-40(70-52-50(65)47(54)49(64)35(4)69-52)29-44-46(51(66)55-25-24-36-19-17-20-36)43(61)31-53(67,71-44)30-39(58)27-42(60)41(59)23-22-37(56)26-38(57)28-45(62)68-34(3)33(2)48(32)63/h5-16,18,21,32-44,46-50,52,56-61,63-65,67H,17,19-20,22-31,54H2,1-4H3,(H,55,66)/b6-5+,9-7+,10-8+,13-11+,14-12+,18-15+,21-16+/t32-,33-,34-,35+,37+,38+,39-,40-,41+,42+,43-,44-,46+,47-,48+,49+,50-,52-,53+/m0/s1. The first-order valence-corrected chi connectivity index (χ1v) is 25.4. The molecule has 18 nitrogen and oxygen atoms in total. The van der Waals surface area contributed by atoms with Crippen molar-refractivity contribution in [1.29, 1.82) is 0 Å². The lowest BCUT2D eigenvalue weighted by atomic mass is 9.81. The highest BCUT2D eigenvalue weighted by Gasteiger charge is 2.51. The van der Waals surface area contributed by atoms with Gasteiger partial charge in [0.15, 0.2) is 12.1 Å². The van der Waals surface area contributed by atoms with Crippen LogP contribution in [-0.4, -0.2) is 167 Å². The number of nitrogens with two attached hydrogens (primary N) is 1. The molecule has 3 fully saturated rings. The number of fused-ring (bicyclic) bond motifs is 2. The molecule has 2 bridgehead atoms. The maximum absolute atomic E-state index is 13.9. The molecule has 2 saturated heterocycles. The van der Waals surface area contributed by atoms with Crippen LogP contribution in [0.25, 0.3) is 0 Å². The van der Waals surface area contributed by atoms with Crippen molar-refractivity contribution in [2.75, 3.05) is 6.54 Å². The van der Waals surface area contributed by atoms with Crippen LogP contribution in [0.3, 0.4) is 0 Å². The zero-order valence-corrected chi connectivity index (χ0v) is 41.7. The number of carbonyl (C=O) groups excluding carboxylic acids is 2. The summed E-state index contributed by atoms with van der Waals surface area (Å²) < 4.78 is 23.8. The minimum atomic E-state index is -2.25. The first-order chi connectivity index (χ1) is 33.7. The maximum atomic E-state index is 13.9. The van der Waals surface area contributed by atoms with E-state index in [1.807, 2.05) is 49.5 Å². The molecule has 4 rings (SSSR count). The molecule has 0 radical (unpaired) electrons. The highest BCUT2D eigenvalue weighted by atomic mass is 16.7. The van der Waals surface area contributed by atoms with Gasteiger partial charge < -0.3 is 81.1 Å². The fraction of sp³-hybridized carbons (Fsp3) is 0.698. The molecule has 3 heterocycles. The number of carbonyl (C=O) groups is 2. The fourth-order valence-electron chi connectivity index (χ4n) is 9.29. The summed E-state index contributed by atoms with van der Waals surface area (Å²) in [6, 6.07) is -1.12. The molecule has 4 aliphatic rings. The third-order valence-corrected chi connectivity index (χ3v) is 14.1. The van der Waals surface area contributed by atoms with E-state index in [-0.39, 0.29) is 31.6 Å². The summed E-state index contributed by atoms with van der Waals surface area (Å²) >= 11 is 0. The van der Waals surface area contributed by atoms with Crippen LogP contribution in [0.4, 0.5) is 0 Å². The number of cyclic esters (lactones) is 1. The van der Waals surface area contributed by atoms with Gasteiger partial charge in [-0.3, -0.25) is 9.59 Å². The first-order valence-electron chi connectivity index (χ1n) is 25.4. The number of hydrogen-bond donors (Lipinski definition) is 12. The Kier molecular flexibility index (Phi) is 25.5. The highest BCUT2D eigenvalue weighted by Crippen LogP contribution is 2.38. The second kappa shape index (κ2) is 30.1. The monoisotopic (exact) mass is 1000 g/mol. The average molecular weight is 1010 g/mol. The van der Waals surface area contributed by atoms with Gasteiger partial charge in [0, 0.05) is 44.1 Å². The SMILES string of the molecule is C[C@@H]1[C@H](O)[C@@H](C)/C=C/C=C/C=C/C=C/C=C/C=C/C=C/[C@H](O[C@@H]2O[C@H](C)[C@@H](O)[C@H](N)[C@@H]2O)C[C@@H]2O[C@](O)(C[C@@H](O)C[C@@H](O)[C@H](O)CC[C@@H](O)C[C@@H](O)CC(=O)O[C@H]1C)C[C@H](O)[C@H]2C(=O)NCCC1CCC1. The third-order valence-electron chi connectivity index (χ3n) is 14.1. The number of nitrogens with one attached hydrogen (secondary N) is 1. The van der Waals surface area contributed by atoms with E-state index in [2.05, 4.69) is 5.32 Å². The van der Waals surface area contributed by atoms with Crippen molar-refractivity contribution in [3.05, 3.63) is 85.1 Å². The second-order valence-corrected chi connectivity index (χ2v) is 20.1. The topological polar surface area (TPSA) is 311 Å². The van der Waals surface area contributed by atoms with Crippen LogP contribution in [0.2, 0.25) is 0 Å². The van der Waals surface area contributed by atoms with Crippen molar-refractivity contribution in [3.8, 4) is 0 Å². The van der Waals surface area contributed by atoms with E-state index in [4.69, 9.17) is 24.7 Å². The van der Waals surface area contributed by atoms with Gasteiger partial charge in [-0.25, -0.2) is 0 Å². The lowest BCUT2D eigenvalue weighted by Crippen LogP contribution is -2.62.